The van der Waals surface area contributed by atoms with Crippen molar-refractivity contribution >= 4 is 0 Å². The molecule has 1 atom stereocenters. The van der Waals surface area contributed by atoms with Gasteiger partial charge in [0.2, 0.25) is 0 Å². The van der Waals surface area contributed by atoms with Gasteiger partial charge in [-0.15, -0.1) is 0 Å². The lowest BCUT2D eigenvalue weighted by Crippen LogP contribution is -2.34. The molecule has 0 aliphatic carbocycles. The minimum Gasteiger partial charge on any atom is -0.393 e. The standard InChI is InChI=1S/C14H21NO2/c16-12-14(17)7-4-9-15(10-8-14)11-13-5-2-1-3-6-13/h1-3,5-6,16-17H,4,7-12H2. The number of benzene rings is 1. The molecule has 94 valence electrons. The maximum absolute atomic E-state index is 10.1. The summed E-state index contributed by atoms with van der Waals surface area (Å²) in [5.41, 5.74) is 0.452. The van der Waals surface area contributed by atoms with Crippen LogP contribution in [-0.2, 0) is 6.54 Å². The van der Waals surface area contributed by atoms with Crippen LogP contribution in [0.2, 0.25) is 0 Å². The zero-order valence-corrected chi connectivity index (χ0v) is 10.2. The van der Waals surface area contributed by atoms with Gasteiger partial charge in [0.1, 0.15) is 0 Å². The Kier molecular flexibility index (Phi) is 4.15. The van der Waals surface area contributed by atoms with Crippen LogP contribution < -0.4 is 0 Å². The van der Waals surface area contributed by atoms with Crippen LogP contribution in [0.25, 0.3) is 0 Å². The molecular weight excluding hydrogens is 214 g/mol. The van der Waals surface area contributed by atoms with Gasteiger partial charge in [0.25, 0.3) is 0 Å². The zero-order valence-electron chi connectivity index (χ0n) is 10.2. The van der Waals surface area contributed by atoms with Crippen LogP contribution in [0, 0.1) is 0 Å². The molecule has 0 radical (unpaired) electrons. The summed E-state index contributed by atoms with van der Waals surface area (Å²) in [5, 5.41) is 19.2. The summed E-state index contributed by atoms with van der Waals surface area (Å²) in [4.78, 5) is 2.35. The molecule has 17 heavy (non-hydrogen) atoms. The zero-order chi connectivity index (χ0) is 12.1. The topological polar surface area (TPSA) is 43.7 Å². The van der Waals surface area contributed by atoms with Crippen molar-refractivity contribution in [3.63, 3.8) is 0 Å². The molecule has 2 rings (SSSR count). The summed E-state index contributed by atoms with van der Waals surface area (Å²) in [6, 6.07) is 10.4. The first-order valence-electron chi connectivity index (χ1n) is 6.31. The van der Waals surface area contributed by atoms with Crippen molar-refractivity contribution in [2.75, 3.05) is 19.7 Å². The van der Waals surface area contributed by atoms with E-state index < -0.39 is 5.60 Å². The van der Waals surface area contributed by atoms with Crippen LogP contribution in [0.4, 0.5) is 0 Å². The summed E-state index contributed by atoms with van der Waals surface area (Å²) >= 11 is 0. The van der Waals surface area contributed by atoms with Gasteiger partial charge in [0.15, 0.2) is 0 Å². The van der Waals surface area contributed by atoms with E-state index in [9.17, 15) is 10.2 Å². The molecule has 1 unspecified atom stereocenters. The Bertz CT molecular complexity index is 341. The monoisotopic (exact) mass is 235 g/mol. The molecule has 0 saturated carbocycles. The smallest absolute Gasteiger partial charge is 0.0890 e. The lowest BCUT2D eigenvalue weighted by Gasteiger charge is -2.24. The van der Waals surface area contributed by atoms with Crippen LogP contribution in [0.1, 0.15) is 24.8 Å². The van der Waals surface area contributed by atoms with E-state index in [1.807, 2.05) is 6.07 Å². The number of hydrogen-bond acceptors (Lipinski definition) is 3. The highest BCUT2D eigenvalue weighted by Crippen LogP contribution is 2.22. The van der Waals surface area contributed by atoms with Crippen molar-refractivity contribution in [3.05, 3.63) is 35.9 Å². The molecule has 1 aromatic carbocycles. The van der Waals surface area contributed by atoms with E-state index in [1.54, 1.807) is 0 Å². The normalized spacial score (nSPS) is 26.7. The second-order valence-electron chi connectivity index (χ2n) is 5.00. The number of rotatable bonds is 3. The van der Waals surface area contributed by atoms with Gasteiger partial charge in [-0.05, 0) is 31.4 Å². The van der Waals surface area contributed by atoms with Crippen LogP contribution >= 0.6 is 0 Å². The number of aliphatic hydroxyl groups excluding tert-OH is 1. The predicted octanol–water partition coefficient (Wildman–Crippen LogP) is 1.40. The van der Waals surface area contributed by atoms with Gasteiger partial charge in [-0.3, -0.25) is 4.90 Å². The van der Waals surface area contributed by atoms with Crippen molar-refractivity contribution in [1.29, 1.82) is 0 Å². The SMILES string of the molecule is OCC1(O)CCCN(Cc2ccccc2)CC1. The number of aliphatic hydroxyl groups is 2. The number of nitrogens with zero attached hydrogens (tertiary/aromatic N) is 1. The van der Waals surface area contributed by atoms with Crippen LogP contribution in [-0.4, -0.2) is 40.4 Å². The van der Waals surface area contributed by atoms with Gasteiger partial charge in [-0.1, -0.05) is 30.3 Å². The summed E-state index contributed by atoms with van der Waals surface area (Å²) in [7, 11) is 0. The van der Waals surface area contributed by atoms with Gasteiger partial charge in [0.05, 0.1) is 12.2 Å². The average molecular weight is 235 g/mol. The van der Waals surface area contributed by atoms with Crippen LogP contribution in [0.3, 0.4) is 0 Å². The molecule has 1 aromatic rings. The molecule has 0 bridgehead atoms. The molecule has 1 heterocycles. The van der Waals surface area contributed by atoms with E-state index in [0.29, 0.717) is 12.8 Å². The molecule has 3 heteroatoms. The van der Waals surface area contributed by atoms with E-state index in [2.05, 4.69) is 29.2 Å². The third-order valence-corrected chi connectivity index (χ3v) is 3.55. The van der Waals surface area contributed by atoms with Gasteiger partial charge < -0.3 is 10.2 Å². The Morgan fingerprint density at radius 2 is 1.88 bits per heavy atom. The number of hydrogen-bond donors (Lipinski definition) is 2. The Morgan fingerprint density at radius 1 is 1.12 bits per heavy atom. The largest absolute Gasteiger partial charge is 0.393 e. The summed E-state index contributed by atoms with van der Waals surface area (Å²) in [6.07, 6.45) is 2.31. The van der Waals surface area contributed by atoms with E-state index in [-0.39, 0.29) is 6.61 Å². The predicted molar refractivity (Wildman–Crippen MR) is 67.6 cm³/mol. The molecule has 1 aliphatic heterocycles. The molecule has 1 fully saturated rings. The Morgan fingerprint density at radius 3 is 2.59 bits per heavy atom. The molecular formula is C14H21NO2. The van der Waals surface area contributed by atoms with Gasteiger partial charge in [-0.2, -0.15) is 0 Å². The summed E-state index contributed by atoms with van der Waals surface area (Å²) < 4.78 is 0. The summed E-state index contributed by atoms with van der Waals surface area (Å²) in [6.45, 7) is 2.66. The van der Waals surface area contributed by atoms with Crippen molar-refractivity contribution in [1.82, 2.24) is 4.90 Å². The third-order valence-electron chi connectivity index (χ3n) is 3.55. The number of likely N-dealkylation sites (tertiary alicyclic amines) is 1. The highest BCUT2D eigenvalue weighted by molar-refractivity contribution is 5.14. The highest BCUT2D eigenvalue weighted by atomic mass is 16.3. The minimum atomic E-state index is -0.856. The van der Waals surface area contributed by atoms with Crippen molar-refractivity contribution < 1.29 is 10.2 Å². The second kappa shape index (κ2) is 5.63. The van der Waals surface area contributed by atoms with Gasteiger partial charge in [-0.25, -0.2) is 0 Å². The molecule has 1 saturated heterocycles. The minimum absolute atomic E-state index is 0.119. The van der Waals surface area contributed by atoms with Crippen LogP contribution in [0.5, 0.6) is 0 Å². The third kappa shape index (κ3) is 3.53. The fourth-order valence-electron chi connectivity index (χ4n) is 2.39. The van der Waals surface area contributed by atoms with E-state index in [4.69, 9.17) is 0 Å². The van der Waals surface area contributed by atoms with Crippen molar-refractivity contribution in [2.45, 2.75) is 31.4 Å². The Hall–Kier alpha value is -0.900. The summed E-state index contributed by atoms with van der Waals surface area (Å²) in [5.74, 6) is 0. The fourth-order valence-corrected chi connectivity index (χ4v) is 2.39. The molecule has 0 amide bonds. The molecule has 1 aliphatic rings. The molecule has 3 nitrogen and oxygen atoms in total. The first kappa shape index (κ1) is 12.6. The van der Waals surface area contributed by atoms with Crippen LogP contribution in [0.15, 0.2) is 30.3 Å². The lowest BCUT2D eigenvalue weighted by molar-refractivity contribution is -0.0255. The lowest BCUT2D eigenvalue weighted by atomic mass is 9.96. The van der Waals surface area contributed by atoms with E-state index in [1.165, 1.54) is 5.56 Å². The maximum atomic E-state index is 10.1. The quantitative estimate of drug-likeness (QED) is 0.832. The van der Waals surface area contributed by atoms with Crippen molar-refractivity contribution in [2.24, 2.45) is 0 Å². The van der Waals surface area contributed by atoms with E-state index in [0.717, 1.165) is 26.1 Å². The second-order valence-corrected chi connectivity index (χ2v) is 5.00. The Labute approximate surface area is 103 Å². The van der Waals surface area contributed by atoms with Crippen molar-refractivity contribution in [3.8, 4) is 0 Å². The maximum Gasteiger partial charge on any atom is 0.0890 e. The average Bonchev–Trinajstić information content (AvgIpc) is 2.54. The van der Waals surface area contributed by atoms with Gasteiger partial charge in [0, 0.05) is 13.1 Å². The molecule has 2 N–H and O–H groups in total. The first-order chi connectivity index (χ1) is 8.22. The Balaban J connectivity index is 1.91. The molecule has 0 spiro atoms. The van der Waals surface area contributed by atoms with E-state index >= 15 is 0 Å². The first-order valence-corrected chi connectivity index (χ1v) is 6.31. The fraction of sp³-hybridized carbons (Fsp3) is 0.571. The van der Waals surface area contributed by atoms with Gasteiger partial charge >= 0.3 is 0 Å². The molecule has 0 aromatic heterocycles. The highest BCUT2D eigenvalue weighted by Gasteiger charge is 2.29.